The fraction of sp³-hybridized carbons (Fsp3) is 0.938. The van der Waals surface area contributed by atoms with E-state index in [9.17, 15) is 9.18 Å². The number of ether oxygens (including phenoxy) is 1. The smallest absolute Gasteiger partial charge is 0.317 e. The molecule has 0 bridgehead atoms. The number of nitrogens with zero attached hydrogens (tertiary/aromatic N) is 1. The van der Waals surface area contributed by atoms with Crippen molar-refractivity contribution in [1.29, 1.82) is 0 Å². The number of carbonyl (C=O) groups is 1. The molecule has 3 rings (SSSR count). The highest BCUT2D eigenvalue weighted by atomic mass is 35.5. The molecule has 1 heterocycles. The maximum atomic E-state index is 13.6. The Labute approximate surface area is 136 Å². The number of likely N-dealkylation sites (tertiary alicyclic amines) is 1. The summed E-state index contributed by atoms with van der Waals surface area (Å²) in [7, 11) is 1.73. The lowest BCUT2D eigenvalue weighted by molar-refractivity contribution is -0.0938. The van der Waals surface area contributed by atoms with Gasteiger partial charge in [0.15, 0.2) is 5.13 Å². The zero-order valence-corrected chi connectivity index (χ0v) is 14.2. The molecule has 0 aromatic heterocycles. The van der Waals surface area contributed by atoms with Gasteiger partial charge in [-0.05, 0) is 25.2 Å². The standard InChI is InChI=1S/C16H26ClFN2O2/c1-14(8-16(14,17)18)6-7-19-13(21)20-9-15(10-20,11-22-2)12-4-3-5-12/h12H,3-11H2,1-2H3,(H,19,21). The molecule has 4 nitrogen and oxygen atoms in total. The molecule has 1 saturated heterocycles. The summed E-state index contributed by atoms with van der Waals surface area (Å²) in [6.45, 7) is 4.59. The molecule has 1 aliphatic heterocycles. The summed E-state index contributed by atoms with van der Waals surface area (Å²) in [6.07, 6.45) is 4.76. The van der Waals surface area contributed by atoms with Gasteiger partial charge in [-0.2, -0.15) is 0 Å². The number of amides is 2. The molecular formula is C16H26ClFN2O2. The summed E-state index contributed by atoms with van der Waals surface area (Å²) in [5.41, 5.74) is -0.320. The van der Waals surface area contributed by atoms with Crippen LogP contribution in [0.1, 0.15) is 39.0 Å². The molecule has 3 fully saturated rings. The second kappa shape index (κ2) is 5.52. The quantitative estimate of drug-likeness (QED) is 0.759. The van der Waals surface area contributed by atoms with Gasteiger partial charge in [-0.1, -0.05) is 24.9 Å². The maximum absolute atomic E-state index is 13.6. The van der Waals surface area contributed by atoms with Crippen LogP contribution in [0, 0.1) is 16.7 Å². The number of urea groups is 1. The van der Waals surface area contributed by atoms with E-state index in [-0.39, 0.29) is 11.4 Å². The summed E-state index contributed by atoms with van der Waals surface area (Å²) in [6, 6.07) is -0.0469. The minimum Gasteiger partial charge on any atom is -0.384 e. The Bertz CT molecular complexity index is 449. The topological polar surface area (TPSA) is 41.6 Å². The molecule has 0 aromatic rings. The van der Waals surface area contributed by atoms with Crippen molar-refractivity contribution < 1.29 is 13.9 Å². The lowest BCUT2D eigenvalue weighted by Gasteiger charge is -2.56. The Kier molecular flexibility index (Phi) is 4.09. The molecule has 2 aliphatic carbocycles. The number of alkyl halides is 2. The summed E-state index contributed by atoms with van der Waals surface area (Å²) >= 11 is 5.69. The molecule has 22 heavy (non-hydrogen) atoms. The largest absolute Gasteiger partial charge is 0.384 e. The zero-order valence-electron chi connectivity index (χ0n) is 13.5. The van der Waals surface area contributed by atoms with Crippen molar-refractivity contribution in [2.24, 2.45) is 16.7 Å². The fourth-order valence-corrected chi connectivity index (χ4v) is 4.30. The van der Waals surface area contributed by atoms with Gasteiger partial charge in [0.25, 0.3) is 0 Å². The van der Waals surface area contributed by atoms with Crippen molar-refractivity contribution in [2.75, 3.05) is 33.4 Å². The molecule has 3 aliphatic rings. The van der Waals surface area contributed by atoms with E-state index in [0.717, 1.165) is 19.7 Å². The lowest BCUT2D eigenvalue weighted by atomic mass is 9.61. The number of nitrogens with one attached hydrogen (secondary N) is 1. The molecule has 2 atom stereocenters. The molecule has 0 spiro atoms. The Balaban J connectivity index is 1.41. The SMILES string of the molecule is COCC1(C2CCC2)CN(C(=O)NCCC2(C)CC2(F)Cl)C1. The number of rotatable bonds is 6. The molecule has 1 N–H and O–H groups in total. The van der Waals surface area contributed by atoms with Gasteiger partial charge in [-0.15, -0.1) is 0 Å². The highest BCUT2D eigenvalue weighted by Gasteiger charge is 2.64. The highest BCUT2D eigenvalue weighted by molar-refractivity contribution is 6.25. The third kappa shape index (κ3) is 2.71. The van der Waals surface area contributed by atoms with Crippen LogP contribution in [0.3, 0.4) is 0 Å². The van der Waals surface area contributed by atoms with Crippen LogP contribution in [-0.2, 0) is 4.74 Å². The number of halogens is 2. The predicted octanol–water partition coefficient (Wildman–Crippen LogP) is 3.15. The van der Waals surface area contributed by atoms with E-state index < -0.39 is 10.5 Å². The van der Waals surface area contributed by atoms with Crippen molar-refractivity contribution in [2.45, 2.75) is 44.2 Å². The van der Waals surface area contributed by atoms with E-state index in [4.69, 9.17) is 16.3 Å². The predicted molar refractivity (Wildman–Crippen MR) is 83.7 cm³/mol. The minimum absolute atomic E-state index is 0.0469. The Morgan fingerprint density at radius 2 is 2.09 bits per heavy atom. The molecule has 126 valence electrons. The summed E-state index contributed by atoms with van der Waals surface area (Å²) < 4.78 is 18.9. The van der Waals surface area contributed by atoms with Gasteiger partial charge in [-0.3, -0.25) is 0 Å². The van der Waals surface area contributed by atoms with Crippen LogP contribution < -0.4 is 5.32 Å². The first kappa shape index (κ1) is 16.3. The maximum Gasteiger partial charge on any atom is 0.317 e. The van der Waals surface area contributed by atoms with Crippen molar-refractivity contribution in [3.8, 4) is 0 Å². The van der Waals surface area contributed by atoms with Crippen molar-refractivity contribution in [1.82, 2.24) is 10.2 Å². The summed E-state index contributed by atoms with van der Waals surface area (Å²) in [5.74, 6) is 0.699. The van der Waals surface area contributed by atoms with Gasteiger partial charge in [0.1, 0.15) is 0 Å². The van der Waals surface area contributed by atoms with Crippen molar-refractivity contribution in [3.05, 3.63) is 0 Å². The van der Waals surface area contributed by atoms with E-state index in [0.29, 0.717) is 25.3 Å². The van der Waals surface area contributed by atoms with Crippen LogP contribution in [0.2, 0.25) is 0 Å². The first-order valence-corrected chi connectivity index (χ1v) is 8.59. The van der Waals surface area contributed by atoms with E-state index in [2.05, 4.69) is 5.32 Å². The molecule has 0 aromatic carbocycles. The van der Waals surface area contributed by atoms with Gasteiger partial charge in [-0.25, -0.2) is 9.18 Å². The molecule has 0 radical (unpaired) electrons. The number of hydrogen-bond acceptors (Lipinski definition) is 2. The van der Waals surface area contributed by atoms with Gasteiger partial charge in [0, 0.05) is 44.0 Å². The average Bonchev–Trinajstić information content (AvgIpc) is 2.81. The molecular weight excluding hydrogens is 307 g/mol. The van der Waals surface area contributed by atoms with Crippen LogP contribution in [0.15, 0.2) is 0 Å². The normalized spacial score (nSPS) is 36.5. The Morgan fingerprint density at radius 3 is 2.55 bits per heavy atom. The van der Waals surface area contributed by atoms with E-state index in [1.54, 1.807) is 7.11 Å². The molecule has 2 saturated carbocycles. The van der Waals surface area contributed by atoms with E-state index >= 15 is 0 Å². The van der Waals surface area contributed by atoms with Crippen LogP contribution in [0.5, 0.6) is 0 Å². The third-order valence-electron chi connectivity index (χ3n) is 6.02. The first-order chi connectivity index (χ1) is 10.3. The number of hydrogen-bond donors (Lipinski definition) is 1. The number of methoxy groups -OCH3 is 1. The third-order valence-corrected chi connectivity index (χ3v) is 6.61. The Morgan fingerprint density at radius 1 is 1.45 bits per heavy atom. The second-order valence-corrected chi connectivity index (χ2v) is 8.30. The van der Waals surface area contributed by atoms with Gasteiger partial charge < -0.3 is 15.0 Å². The lowest BCUT2D eigenvalue weighted by Crippen LogP contribution is -2.66. The molecule has 2 amide bonds. The monoisotopic (exact) mass is 332 g/mol. The summed E-state index contributed by atoms with van der Waals surface area (Å²) in [5, 5.41) is 1.32. The fourth-order valence-electron chi connectivity index (χ4n) is 3.91. The molecule has 6 heteroatoms. The van der Waals surface area contributed by atoms with Gasteiger partial charge in [0.05, 0.1) is 6.61 Å². The van der Waals surface area contributed by atoms with Crippen LogP contribution in [-0.4, -0.2) is 49.4 Å². The molecule has 2 unspecified atom stereocenters. The van der Waals surface area contributed by atoms with Crippen LogP contribution in [0.4, 0.5) is 9.18 Å². The zero-order chi connectivity index (χ0) is 16.0. The van der Waals surface area contributed by atoms with Crippen molar-refractivity contribution in [3.63, 3.8) is 0 Å². The first-order valence-electron chi connectivity index (χ1n) is 8.22. The average molecular weight is 333 g/mol. The Hall–Kier alpha value is -0.550. The highest BCUT2D eigenvalue weighted by Crippen LogP contribution is 2.63. The second-order valence-electron chi connectivity index (χ2n) is 7.70. The van der Waals surface area contributed by atoms with Crippen LogP contribution >= 0.6 is 11.6 Å². The summed E-state index contributed by atoms with van der Waals surface area (Å²) in [4.78, 5) is 14.0. The minimum atomic E-state index is -1.58. The van der Waals surface area contributed by atoms with Gasteiger partial charge in [0.2, 0.25) is 0 Å². The number of carbonyl (C=O) groups excluding carboxylic acids is 1. The van der Waals surface area contributed by atoms with E-state index in [1.165, 1.54) is 19.3 Å². The van der Waals surface area contributed by atoms with Gasteiger partial charge >= 0.3 is 6.03 Å². The van der Waals surface area contributed by atoms with Crippen LogP contribution in [0.25, 0.3) is 0 Å². The van der Waals surface area contributed by atoms with Crippen molar-refractivity contribution >= 4 is 17.6 Å². The van der Waals surface area contributed by atoms with E-state index in [1.807, 2.05) is 11.8 Å².